The third-order valence-electron chi connectivity index (χ3n) is 4.80. The molecule has 0 spiro atoms. The molecule has 0 aliphatic carbocycles. The Morgan fingerprint density at radius 2 is 2.11 bits per heavy atom. The van der Waals surface area contributed by atoms with Gasteiger partial charge in [0.15, 0.2) is 10.8 Å². The third kappa shape index (κ3) is 5.73. The Morgan fingerprint density at radius 3 is 2.76 bits per heavy atom. The van der Waals surface area contributed by atoms with Crippen LogP contribution in [-0.2, 0) is 24.0 Å². The number of β-lactam (4-membered cyclic amide) rings is 1. The molecule has 0 aromatic carbocycles. The molecule has 1 fully saturated rings. The zero-order chi connectivity index (χ0) is 26.7. The van der Waals surface area contributed by atoms with Gasteiger partial charge < -0.3 is 26.1 Å². The van der Waals surface area contributed by atoms with E-state index in [4.69, 9.17) is 10.8 Å². The summed E-state index contributed by atoms with van der Waals surface area (Å²) in [5.74, 6) is -3.81. The van der Waals surface area contributed by atoms with Crippen LogP contribution in [0, 0.1) is 0 Å². The molecule has 194 valence electrons. The molecular formula is C18H16N8O8S3. The van der Waals surface area contributed by atoms with Gasteiger partial charge >= 0.3 is 17.6 Å². The number of thiazole rings is 1. The van der Waals surface area contributed by atoms with Crippen molar-refractivity contribution >= 4 is 69.5 Å². The zero-order valence-corrected chi connectivity index (χ0v) is 20.8. The highest BCUT2D eigenvalue weighted by molar-refractivity contribution is 8.01. The van der Waals surface area contributed by atoms with Gasteiger partial charge in [0.1, 0.15) is 27.8 Å². The second-order valence-electron chi connectivity index (χ2n) is 7.21. The number of thioether (sulfide) groups is 2. The first-order valence-electron chi connectivity index (χ1n) is 10.0. The fourth-order valence-electron chi connectivity index (χ4n) is 3.28. The predicted molar refractivity (Wildman–Crippen MR) is 130 cm³/mol. The van der Waals surface area contributed by atoms with E-state index in [1.807, 2.05) is 0 Å². The van der Waals surface area contributed by atoms with E-state index in [9.17, 15) is 29.1 Å². The fraction of sp³-hybridized carbons (Fsp3) is 0.278. The molecule has 0 saturated carbocycles. The molecule has 4 rings (SSSR count). The first-order valence-corrected chi connectivity index (χ1v) is 13.0. The Hall–Kier alpha value is -3.97. The highest BCUT2D eigenvalue weighted by Gasteiger charge is 2.54. The van der Waals surface area contributed by atoms with E-state index < -0.39 is 53.2 Å². The number of aromatic nitrogens is 4. The molecular weight excluding hydrogens is 552 g/mol. The van der Waals surface area contributed by atoms with Crippen LogP contribution in [-0.4, -0.2) is 94.3 Å². The van der Waals surface area contributed by atoms with Crippen molar-refractivity contribution in [2.24, 2.45) is 5.16 Å². The number of amides is 2. The molecule has 2 aliphatic heterocycles. The van der Waals surface area contributed by atoms with Crippen LogP contribution < -0.4 is 16.7 Å². The van der Waals surface area contributed by atoms with Crippen LogP contribution in [0.15, 0.2) is 37.8 Å². The average Bonchev–Trinajstić information content (AvgIpc) is 3.28. The number of nitrogens with two attached hydrogens (primary N) is 1. The maximum atomic E-state index is 12.9. The van der Waals surface area contributed by atoms with Gasteiger partial charge in [-0.25, -0.2) is 24.5 Å². The molecule has 19 heteroatoms. The summed E-state index contributed by atoms with van der Waals surface area (Å²) in [4.78, 5) is 73.3. The number of hydrogen-bond donors (Lipinski definition) is 5. The second-order valence-corrected chi connectivity index (χ2v) is 10.2. The molecule has 0 bridgehead atoms. The van der Waals surface area contributed by atoms with Gasteiger partial charge in [0.05, 0.1) is 6.20 Å². The minimum atomic E-state index is -1.32. The van der Waals surface area contributed by atoms with E-state index in [0.29, 0.717) is 5.57 Å². The molecule has 37 heavy (non-hydrogen) atoms. The molecule has 6 N–H and O–H groups in total. The lowest BCUT2D eigenvalue weighted by Gasteiger charge is -2.49. The van der Waals surface area contributed by atoms with Crippen LogP contribution in [0.5, 0.6) is 0 Å². The largest absolute Gasteiger partial charge is 0.479 e. The van der Waals surface area contributed by atoms with E-state index in [-0.39, 0.29) is 33.1 Å². The number of carboxylic acid groups (broad SMARTS) is 2. The number of fused-ring (bicyclic) bond motifs is 1. The molecule has 2 aliphatic rings. The Labute approximate surface area is 218 Å². The summed E-state index contributed by atoms with van der Waals surface area (Å²) >= 11 is 3.34. The van der Waals surface area contributed by atoms with Crippen LogP contribution in [0.3, 0.4) is 0 Å². The van der Waals surface area contributed by atoms with Gasteiger partial charge in [-0.05, 0) is 5.57 Å². The number of hydrogen-bond acceptors (Lipinski definition) is 14. The van der Waals surface area contributed by atoms with Crippen LogP contribution in [0.4, 0.5) is 5.13 Å². The molecule has 1 saturated heterocycles. The number of carbonyl (C=O) groups excluding carboxylic acids is 2. The van der Waals surface area contributed by atoms with Gasteiger partial charge in [-0.1, -0.05) is 5.16 Å². The Balaban J connectivity index is 1.49. The van der Waals surface area contributed by atoms with E-state index in [1.54, 1.807) is 0 Å². The number of carboxylic acids is 2. The third-order valence-corrected chi connectivity index (χ3v) is 7.80. The number of aromatic amines is 1. The van der Waals surface area contributed by atoms with Crippen LogP contribution >= 0.6 is 34.9 Å². The lowest BCUT2D eigenvalue weighted by atomic mass is 10.0. The number of rotatable bonds is 10. The molecule has 4 heterocycles. The van der Waals surface area contributed by atoms with E-state index in [0.717, 1.165) is 28.0 Å². The normalized spacial score (nSPS) is 19.2. The van der Waals surface area contributed by atoms with Crippen LogP contribution in [0.25, 0.3) is 0 Å². The topological polar surface area (TPSA) is 243 Å². The molecule has 2 aromatic heterocycles. The minimum Gasteiger partial charge on any atom is -0.479 e. The van der Waals surface area contributed by atoms with Gasteiger partial charge in [0.2, 0.25) is 6.61 Å². The van der Waals surface area contributed by atoms with Crippen molar-refractivity contribution in [3.8, 4) is 0 Å². The predicted octanol–water partition coefficient (Wildman–Crippen LogP) is -1.46. The van der Waals surface area contributed by atoms with Crippen molar-refractivity contribution in [2.45, 2.75) is 16.4 Å². The van der Waals surface area contributed by atoms with Crippen molar-refractivity contribution in [1.82, 2.24) is 30.4 Å². The maximum absolute atomic E-state index is 12.9. The van der Waals surface area contributed by atoms with E-state index in [1.165, 1.54) is 23.3 Å². The van der Waals surface area contributed by atoms with Gasteiger partial charge in [-0.15, -0.1) is 34.9 Å². The number of oxime groups is 1. The number of nitrogens with zero attached hydrogens (tertiary/aromatic N) is 5. The number of carbonyl (C=O) groups is 4. The van der Waals surface area contributed by atoms with Crippen molar-refractivity contribution in [1.29, 1.82) is 0 Å². The Morgan fingerprint density at radius 1 is 1.32 bits per heavy atom. The van der Waals surface area contributed by atoms with Gasteiger partial charge in [0, 0.05) is 16.9 Å². The summed E-state index contributed by atoms with van der Waals surface area (Å²) in [6, 6.07) is -1.08. The van der Waals surface area contributed by atoms with Crippen molar-refractivity contribution in [3.05, 3.63) is 39.0 Å². The SMILES string of the molecule is Nc1nc(C(=NOCC(=O)O)C(=O)NC2C(=O)N3C(C(=O)O)=C(CSc4cn[nH]c(=O)n4)CS[C@@H]23)cs1. The second kappa shape index (κ2) is 11.0. The number of aliphatic carboxylic acids is 2. The van der Waals surface area contributed by atoms with Gasteiger partial charge in [0.25, 0.3) is 11.8 Å². The molecule has 16 nitrogen and oxygen atoms in total. The first-order chi connectivity index (χ1) is 17.7. The van der Waals surface area contributed by atoms with Gasteiger partial charge in [-0.2, -0.15) is 10.1 Å². The Kier molecular flexibility index (Phi) is 7.74. The number of nitrogen functional groups attached to an aromatic ring is 1. The quantitative estimate of drug-likeness (QED) is 0.0952. The van der Waals surface area contributed by atoms with Crippen molar-refractivity contribution in [3.63, 3.8) is 0 Å². The number of anilines is 1. The Bertz CT molecular complexity index is 1390. The lowest BCUT2D eigenvalue weighted by Crippen LogP contribution is -2.71. The number of nitrogens with one attached hydrogen (secondary N) is 2. The highest BCUT2D eigenvalue weighted by atomic mass is 32.2. The molecule has 2 atom stereocenters. The monoisotopic (exact) mass is 568 g/mol. The summed E-state index contributed by atoms with van der Waals surface area (Å²) in [7, 11) is 0. The summed E-state index contributed by atoms with van der Waals surface area (Å²) in [5, 5.41) is 31.4. The summed E-state index contributed by atoms with van der Waals surface area (Å²) < 4.78 is 0. The van der Waals surface area contributed by atoms with E-state index in [2.05, 4.69) is 35.5 Å². The average molecular weight is 569 g/mol. The molecule has 2 aromatic rings. The van der Waals surface area contributed by atoms with Crippen LogP contribution in [0.2, 0.25) is 0 Å². The highest BCUT2D eigenvalue weighted by Crippen LogP contribution is 2.41. The van der Waals surface area contributed by atoms with Gasteiger partial charge in [-0.3, -0.25) is 14.5 Å². The molecule has 0 radical (unpaired) electrons. The molecule has 2 amide bonds. The van der Waals surface area contributed by atoms with Crippen molar-refractivity contribution in [2.75, 3.05) is 23.8 Å². The van der Waals surface area contributed by atoms with Crippen molar-refractivity contribution < 1.29 is 34.2 Å². The fourth-order valence-corrected chi connectivity index (χ4v) is 6.14. The van der Waals surface area contributed by atoms with E-state index >= 15 is 0 Å². The molecule has 1 unspecified atom stereocenters. The summed E-state index contributed by atoms with van der Waals surface area (Å²) in [5.41, 5.74) is 4.79. The van der Waals surface area contributed by atoms with Crippen LogP contribution in [0.1, 0.15) is 5.69 Å². The standard InChI is InChI=1S/C18H16N8O8S3/c19-17-21-7(5-37-17)10(25-34-2-9(27)28)13(29)23-11-14(30)26-12(16(31)32)6(4-36-15(11)26)3-35-8-1-20-24-18(33)22-8/h1,5,11,15H,2-4H2,(H2,19,21)(H,23,29)(H,27,28)(H,31,32)(H,22,24,33)/t11?,15-/m0/s1. The summed E-state index contributed by atoms with van der Waals surface area (Å²) in [6.07, 6.45) is 1.32. The maximum Gasteiger partial charge on any atom is 0.362 e. The summed E-state index contributed by atoms with van der Waals surface area (Å²) in [6.45, 7) is -0.818. The first kappa shape index (κ1) is 26.1. The number of H-pyrrole nitrogens is 1. The minimum absolute atomic E-state index is 0.0126. The lowest BCUT2D eigenvalue weighted by molar-refractivity contribution is -0.150. The zero-order valence-electron chi connectivity index (χ0n) is 18.3. The smallest absolute Gasteiger partial charge is 0.362 e.